The summed E-state index contributed by atoms with van der Waals surface area (Å²) in [7, 11) is 0. The van der Waals surface area contributed by atoms with Crippen LogP contribution in [0.4, 0.5) is 5.69 Å². The van der Waals surface area contributed by atoms with Crippen molar-refractivity contribution < 1.29 is 9.21 Å². The Morgan fingerprint density at radius 3 is 2.61 bits per heavy atom. The molecule has 0 aliphatic carbocycles. The van der Waals surface area contributed by atoms with E-state index in [0.717, 1.165) is 16.7 Å². The van der Waals surface area contributed by atoms with Gasteiger partial charge < -0.3 is 14.7 Å². The molecule has 0 unspecified atom stereocenters. The number of hydrogen-bond donors (Lipinski definition) is 2. The maximum atomic E-state index is 12.6. The number of nitrogens with one attached hydrogen (secondary N) is 2. The van der Waals surface area contributed by atoms with Crippen molar-refractivity contribution in [2.75, 3.05) is 5.32 Å². The van der Waals surface area contributed by atoms with Crippen molar-refractivity contribution in [2.24, 2.45) is 0 Å². The van der Waals surface area contributed by atoms with Gasteiger partial charge in [0.1, 0.15) is 5.56 Å². The third-order valence-electron chi connectivity index (χ3n) is 4.32. The largest absolute Gasteiger partial charge is 0.444 e. The van der Waals surface area contributed by atoms with E-state index in [1.54, 1.807) is 30.5 Å². The number of carbonyl (C=O) groups excluding carboxylic acids is 1. The first kappa shape index (κ1) is 17.5. The molecule has 2 aromatic heterocycles. The zero-order chi connectivity index (χ0) is 19.5. The fourth-order valence-corrected chi connectivity index (χ4v) is 2.94. The summed E-state index contributed by atoms with van der Waals surface area (Å²) in [4.78, 5) is 31.7. The minimum atomic E-state index is -0.480. The number of nitrogens with zero attached hydrogens (tertiary/aromatic N) is 1. The molecule has 28 heavy (non-hydrogen) atoms. The molecular weight excluding hydrogens is 354 g/mol. The normalized spacial score (nSPS) is 10.6. The van der Waals surface area contributed by atoms with E-state index in [1.165, 1.54) is 12.5 Å². The average Bonchev–Trinajstić information content (AvgIpc) is 3.23. The molecule has 0 atom stereocenters. The molecule has 0 saturated carbocycles. The number of hydrogen-bond acceptors (Lipinski definition) is 4. The molecule has 4 aromatic rings. The maximum absolute atomic E-state index is 12.6. The number of aromatic nitrogens is 2. The molecule has 6 nitrogen and oxygen atoms in total. The number of oxazole rings is 1. The molecule has 4 rings (SSSR count). The first-order valence-electron chi connectivity index (χ1n) is 8.71. The highest BCUT2D eigenvalue weighted by molar-refractivity contribution is 6.04. The average molecular weight is 371 g/mol. The molecule has 6 heteroatoms. The predicted molar refractivity (Wildman–Crippen MR) is 107 cm³/mol. The number of amides is 1. The van der Waals surface area contributed by atoms with E-state index < -0.39 is 11.5 Å². The third-order valence-corrected chi connectivity index (χ3v) is 4.32. The van der Waals surface area contributed by atoms with Crippen LogP contribution in [0.5, 0.6) is 0 Å². The number of pyridine rings is 1. The lowest BCUT2D eigenvalue weighted by molar-refractivity contribution is 0.102. The Morgan fingerprint density at radius 1 is 1.04 bits per heavy atom. The summed E-state index contributed by atoms with van der Waals surface area (Å²) in [5, 5.41) is 2.75. The van der Waals surface area contributed by atoms with Gasteiger partial charge in [-0.2, -0.15) is 0 Å². The number of carbonyl (C=O) groups is 1. The monoisotopic (exact) mass is 371 g/mol. The van der Waals surface area contributed by atoms with Crippen LogP contribution in [-0.2, 0) is 0 Å². The molecule has 0 aliphatic heterocycles. The fraction of sp³-hybridized carbons (Fsp3) is 0.0455. The Morgan fingerprint density at radius 2 is 1.86 bits per heavy atom. The smallest absolute Gasteiger partial charge is 0.261 e. The van der Waals surface area contributed by atoms with Crippen LogP contribution in [0.15, 0.2) is 82.5 Å². The second kappa shape index (κ2) is 7.36. The van der Waals surface area contributed by atoms with Crippen LogP contribution < -0.4 is 10.9 Å². The van der Waals surface area contributed by atoms with Crippen LogP contribution in [0.2, 0.25) is 0 Å². The zero-order valence-electron chi connectivity index (χ0n) is 15.1. The minimum absolute atomic E-state index is 0.0430. The van der Waals surface area contributed by atoms with Crippen molar-refractivity contribution in [1.82, 2.24) is 9.97 Å². The number of rotatable bonds is 4. The minimum Gasteiger partial charge on any atom is -0.444 e. The van der Waals surface area contributed by atoms with E-state index in [9.17, 15) is 9.59 Å². The Kier molecular flexibility index (Phi) is 4.60. The molecule has 0 saturated heterocycles. The molecule has 0 spiro atoms. The molecule has 2 heterocycles. The number of benzene rings is 2. The second-order valence-corrected chi connectivity index (χ2v) is 6.38. The Balaban J connectivity index is 1.57. The van der Waals surface area contributed by atoms with Gasteiger partial charge in [-0.1, -0.05) is 35.9 Å². The van der Waals surface area contributed by atoms with Crippen molar-refractivity contribution in [3.63, 3.8) is 0 Å². The van der Waals surface area contributed by atoms with Gasteiger partial charge in [0, 0.05) is 16.9 Å². The first-order valence-corrected chi connectivity index (χ1v) is 8.71. The van der Waals surface area contributed by atoms with Crippen molar-refractivity contribution >= 4 is 11.6 Å². The topological polar surface area (TPSA) is 88.0 Å². The highest BCUT2D eigenvalue weighted by Crippen LogP contribution is 2.22. The van der Waals surface area contributed by atoms with Crippen molar-refractivity contribution in [3.05, 3.63) is 94.7 Å². The van der Waals surface area contributed by atoms with Gasteiger partial charge in [0.25, 0.3) is 11.5 Å². The summed E-state index contributed by atoms with van der Waals surface area (Å²) < 4.78 is 5.27. The highest BCUT2D eigenvalue weighted by atomic mass is 16.3. The zero-order valence-corrected chi connectivity index (χ0v) is 15.1. The van der Waals surface area contributed by atoms with Gasteiger partial charge in [-0.25, -0.2) is 4.98 Å². The molecule has 0 aliphatic rings. The van der Waals surface area contributed by atoms with Crippen LogP contribution in [0.3, 0.4) is 0 Å². The molecule has 2 N–H and O–H groups in total. The number of aryl methyl sites for hydroxylation is 1. The number of aromatic amines is 1. The Bertz CT molecular complexity index is 1190. The van der Waals surface area contributed by atoms with Gasteiger partial charge in [-0.15, -0.1) is 0 Å². The van der Waals surface area contributed by atoms with Gasteiger partial charge in [-0.3, -0.25) is 9.59 Å². The van der Waals surface area contributed by atoms with E-state index in [0.29, 0.717) is 17.1 Å². The summed E-state index contributed by atoms with van der Waals surface area (Å²) in [6, 6.07) is 18.2. The van der Waals surface area contributed by atoms with Crippen LogP contribution in [0, 0.1) is 6.92 Å². The van der Waals surface area contributed by atoms with Crippen LogP contribution in [0.1, 0.15) is 15.9 Å². The van der Waals surface area contributed by atoms with E-state index >= 15 is 0 Å². The summed E-state index contributed by atoms with van der Waals surface area (Å²) in [5.74, 6) is 0.114. The molecule has 0 bridgehead atoms. The molecule has 0 fully saturated rings. The lowest BCUT2D eigenvalue weighted by Gasteiger charge is -2.08. The van der Waals surface area contributed by atoms with Gasteiger partial charge in [0.15, 0.2) is 12.2 Å². The van der Waals surface area contributed by atoms with Crippen molar-refractivity contribution in [2.45, 2.75) is 6.92 Å². The van der Waals surface area contributed by atoms with Gasteiger partial charge in [-0.05, 0) is 42.8 Å². The molecule has 2 aromatic carbocycles. The van der Waals surface area contributed by atoms with E-state index in [-0.39, 0.29) is 5.56 Å². The maximum Gasteiger partial charge on any atom is 0.261 e. The molecule has 138 valence electrons. The van der Waals surface area contributed by atoms with Crippen LogP contribution in [-0.4, -0.2) is 15.9 Å². The SMILES string of the molecule is Cc1cccc(-c2ccc(C(=O)Nc3cccc(-c4cnco4)c3)c(=O)[nH]2)c1. The van der Waals surface area contributed by atoms with Crippen LogP contribution >= 0.6 is 0 Å². The quantitative estimate of drug-likeness (QED) is 0.561. The van der Waals surface area contributed by atoms with Gasteiger partial charge in [0.05, 0.1) is 6.20 Å². The fourth-order valence-electron chi connectivity index (χ4n) is 2.94. The predicted octanol–water partition coefficient (Wildman–Crippen LogP) is 4.26. The lowest BCUT2D eigenvalue weighted by atomic mass is 10.1. The van der Waals surface area contributed by atoms with Crippen molar-refractivity contribution in [1.29, 1.82) is 0 Å². The highest BCUT2D eigenvalue weighted by Gasteiger charge is 2.13. The lowest BCUT2D eigenvalue weighted by Crippen LogP contribution is -2.23. The van der Waals surface area contributed by atoms with E-state index in [4.69, 9.17) is 4.42 Å². The summed E-state index contributed by atoms with van der Waals surface area (Å²) in [5.41, 5.74) is 3.58. The molecule has 1 amide bonds. The van der Waals surface area contributed by atoms with Crippen molar-refractivity contribution in [3.8, 4) is 22.6 Å². The van der Waals surface area contributed by atoms with E-state index in [2.05, 4.69) is 15.3 Å². The number of H-pyrrole nitrogens is 1. The van der Waals surface area contributed by atoms with Crippen LogP contribution in [0.25, 0.3) is 22.6 Å². The van der Waals surface area contributed by atoms with Gasteiger partial charge in [0.2, 0.25) is 0 Å². The molecular formula is C22H17N3O3. The molecule has 0 radical (unpaired) electrons. The number of anilines is 1. The first-order chi connectivity index (χ1) is 13.6. The van der Waals surface area contributed by atoms with Gasteiger partial charge >= 0.3 is 0 Å². The standard InChI is InChI=1S/C22H17N3O3/c1-14-4-2-5-15(10-14)19-9-8-18(22(27)25-19)21(26)24-17-7-3-6-16(11-17)20-12-23-13-28-20/h2-13H,1H3,(H,24,26)(H,25,27). The van der Waals surface area contributed by atoms with E-state index in [1.807, 2.05) is 37.3 Å². The Labute approximate surface area is 160 Å². The third kappa shape index (κ3) is 3.61. The summed E-state index contributed by atoms with van der Waals surface area (Å²) in [6.07, 6.45) is 2.94. The second-order valence-electron chi connectivity index (χ2n) is 6.38. The summed E-state index contributed by atoms with van der Waals surface area (Å²) >= 11 is 0. The summed E-state index contributed by atoms with van der Waals surface area (Å²) in [6.45, 7) is 1.98. The Hall–Kier alpha value is -3.93.